The first-order valence-corrected chi connectivity index (χ1v) is 9.75. The van der Waals surface area contributed by atoms with Crippen molar-refractivity contribution in [3.05, 3.63) is 89.3 Å². The SMILES string of the molecule is COc1ccc(/C(O)=C2\C(=O)C(=O)N(c3cc(F)ccc3F)C2c2cccnc2)cc1OC. The molecular weight excluding hydrogens is 434 g/mol. The summed E-state index contributed by atoms with van der Waals surface area (Å²) in [5, 5.41) is 11.1. The molecule has 1 aromatic heterocycles. The normalized spacial score (nSPS) is 17.3. The lowest BCUT2D eigenvalue weighted by molar-refractivity contribution is -0.132. The monoisotopic (exact) mass is 452 g/mol. The van der Waals surface area contributed by atoms with Crippen molar-refractivity contribution in [3.8, 4) is 11.5 Å². The van der Waals surface area contributed by atoms with Gasteiger partial charge in [-0.1, -0.05) is 6.07 Å². The number of Topliss-reactive ketones (excluding diaryl/α,β-unsaturated/α-hetero) is 1. The molecule has 3 aromatic rings. The first-order chi connectivity index (χ1) is 15.9. The second-order valence-corrected chi connectivity index (χ2v) is 7.12. The summed E-state index contributed by atoms with van der Waals surface area (Å²) in [6.45, 7) is 0. The number of hydrogen-bond donors (Lipinski definition) is 1. The summed E-state index contributed by atoms with van der Waals surface area (Å²) in [6, 6.07) is 8.90. The summed E-state index contributed by atoms with van der Waals surface area (Å²) in [4.78, 5) is 30.9. The fourth-order valence-corrected chi connectivity index (χ4v) is 3.74. The van der Waals surface area contributed by atoms with Gasteiger partial charge in [0.05, 0.1) is 31.5 Å². The Morgan fingerprint density at radius 3 is 2.45 bits per heavy atom. The lowest BCUT2D eigenvalue weighted by atomic mass is 9.96. The average molecular weight is 452 g/mol. The number of benzene rings is 2. The van der Waals surface area contributed by atoms with Crippen molar-refractivity contribution in [2.24, 2.45) is 0 Å². The second-order valence-electron chi connectivity index (χ2n) is 7.12. The van der Waals surface area contributed by atoms with Crippen molar-refractivity contribution in [2.75, 3.05) is 19.1 Å². The number of aromatic nitrogens is 1. The number of carbonyl (C=O) groups is 2. The van der Waals surface area contributed by atoms with Crippen LogP contribution >= 0.6 is 0 Å². The van der Waals surface area contributed by atoms with E-state index < -0.39 is 40.8 Å². The van der Waals surface area contributed by atoms with Crippen LogP contribution in [0, 0.1) is 11.6 Å². The molecule has 0 spiro atoms. The predicted octanol–water partition coefficient (Wildman–Crippen LogP) is 4.00. The zero-order chi connectivity index (χ0) is 23.7. The number of halogens is 2. The highest BCUT2D eigenvalue weighted by molar-refractivity contribution is 6.51. The van der Waals surface area contributed by atoms with E-state index in [9.17, 15) is 23.5 Å². The molecule has 4 rings (SSSR count). The molecule has 1 N–H and O–H groups in total. The molecule has 0 bridgehead atoms. The molecule has 168 valence electrons. The quantitative estimate of drug-likeness (QED) is 0.358. The molecule has 2 heterocycles. The van der Waals surface area contributed by atoms with Gasteiger partial charge in [-0.2, -0.15) is 0 Å². The van der Waals surface area contributed by atoms with E-state index in [1.165, 1.54) is 44.8 Å². The topological polar surface area (TPSA) is 89.0 Å². The van der Waals surface area contributed by atoms with E-state index in [1.54, 1.807) is 12.1 Å². The van der Waals surface area contributed by atoms with Gasteiger partial charge in [-0.3, -0.25) is 19.5 Å². The number of hydrogen-bond acceptors (Lipinski definition) is 6. The van der Waals surface area contributed by atoms with E-state index in [0.717, 1.165) is 23.1 Å². The number of ether oxygens (including phenoxy) is 2. The van der Waals surface area contributed by atoms with Crippen LogP contribution < -0.4 is 14.4 Å². The molecule has 0 aliphatic carbocycles. The first kappa shape index (κ1) is 21.9. The van der Waals surface area contributed by atoms with Crippen LogP contribution in [0.3, 0.4) is 0 Å². The summed E-state index contributed by atoms with van der Waals surface area (Å²) in [5.41, 5.74) is -0.247. The summed E-state index contributed by atoms with van der Waals surface area (Å²) < 4.78 is 39.0. The summed E-state index contributed by atoms with van der Waals surface area (Å²) in [5.74, 6) is -3.71. The van der Waals surface area contributed by atoms with E-state index in [2.05, 4.69) is 4.98 Å². The van der Waals surface area contributed by atoms with Crippen LogP contribution in [0.4, 0.5) is 14.5 Å². The van der Waals surface area contributed by atoms with Gasteiger partial charge < -0.3 is 14.6 Å². The largest absolute Gasteiger partial charge is 0.507 e. The lowest BCUT2D eigenvalue weighted by Gasteiger charge is -2.25. The van der Waals surface area contributed by atoms with Crippen LogP contribution in [0.5, 0.6) is 11.5 Å². The number of amides is 1. The maximum absolute atomic E-state index is 14.6. The molecule has 7 nitrogen and oxygen atoms in total. The third kappa shape index (κ3) is 3.78. The Hall–Kier alpha value is -4.27. The molecule has 1 atom stereocenters. The van der Waals surface area contributed by atoms with Crippen molar-refractivity contribution in [2.45, 2.75) is 6.04 Å². The molecule has 2 aromatic carbocycles. The van der Waals surface area contributed by atoms with Crippen molar-refractivity contribution in [3.63, 3.8) is 0 Å². The Bertz CT molecular complexity index is 1280. The van der Waals surface area contributed by atoms with Gasteiger partial charge in [-0.05, 0) is 42.0 Å². The van der Waals surface area contributed by atoms with Crippen molar-refractivity contribution in [1.29, 1.82) is 0 Å². The molecule has 1 unspecified atom stereocenters. The van der Waals surface area contributed by atoms with Gasteiger partial charge in [0.1, 0.15) is 17.4 Å². The highest BCUT2D eigenvalue weighted by atomic mass is 19.1. The van der Waals surface area contributed by atoms with E-state index in [-0.39, 0.29) is 16.9 Å². The van der Waals surface area contributed by atoms with E-state index in [4.69, 9.17) is 9.47 Å². The van der Waals surface area contributed by atoms with Gasteiger partial charge >= 0.3 is 0 Å². The average Bonchev–Trinajstić information content (AvgIpc) is 3.10. The van der Waals surface area contributed by atoms with Crippen LogP contribution in [0.2, 0.25) is 0 Å². The molecule has 0 saturated carbocycles. The molecule has 1 amide bonds. The van der Waals surface area contributed by atoms with Crippen LogP contribution in [-0.4, -0.2) is 36.0 Å². The lowest BCUT2D eigenvalue weighted by Crippen LogP contribution is -2.30. The van der Waals surface area contributed by atoms with Gasteiger partial charge in [0.25, 0.3) is 11.7 Å². The summed E-state index contributed by atoms with van der Waals surface area (Å²) in [7, 11) is 2.85. The van der Waals surface area contributed by atoms with E-state index in [1.807, 2.05) is 0 Å². The number of carbonyl (C=O) groups excluding carboxylic acids is 2. The highest BCUT2D eigenvalue weighted by Gasteiger charge is 2.48. The Morgan fingerprint density at radius 2 is 1.79 bits per heavy atom. The number of rotatable bonds is 5. The molecule has 33 heavy (non-hydrogen) atoms. The zero-order valence-corrected chi connectivity index (χ0v) is 17.6. The molecule has 1 aliphatic rings. The fraction of sp³-hybridized carbons (Fsp3) is 0.125. The minimum absolute atomic E-state index is 0.166. The van der Waals surface area contributed by atoms with Crippen molar-refractivity contribution < 1.29 is 33.0 Å². The molecule has 1 aliphatic heterocycles. The third-order valence-corrected chi connectivity index (χ3v) is 5.27. The summed E-state index contributed by atoms with van der Waals surface area (Å²) >= 11 is 0. The smallest absolute Gasteiger partial charge is 0.300 e. The zero-order valence-electron chi connectivity index (χ0n) is 17.6. The maximum Gasteiger partial charge on any atom is 0.300 e. The minimum atomic E-state index is -1.25. The van der Waals surface area contributed by atoms with Gasteiger partial charge in [0, 0.05) is 24.0 Å². The Kier molecular flexibility index (Phi) is 5.78. The van der Waals surface area contributed by atoms with E-state index in [0.29, 0.717) is 11.3 Å². The fourth-order valence-electron chi connectivity index (χ4n) is 3.74. The second kappa shape index (κ2) is 8.70. The number of methoxy groups -OCH3 is 2. The van der Waals surface area contributed by atoms with Crippen molar-refractivity contribution in [1.82, 2.24) is 4.98 Å². The highest BCUT2D eigenvalue weighted by Crippen LogP contribution is 2.43. The number of nitrogens with zero attached hydrogens (tertiary/aromatic N) is 2. The van der Waals surface area contributed by atoms with Gasteiger partial charge in [-0.15, -0.1) is 0 Å². The standard InChI is InChI=1S/C24H18F2N2O5/c1-32-18-8-5-13(10-19(18)33-2)22(29)20-21(14-4-3-9-27-12-14)28(24(31)23(20)30)17-11-15(25)6-7-16(17)26/h3-12,21,29H,1-2H3/b22-20+. The Balaban J connectivity index is 1.96. The molecule has 1 fully saturated rings. The Labute approximate surface area is 187 Å². The van der Waals surface area contributed by atoms with Crippen molar-refractivity contribution >= 4 is 23.1 Å². The van der Waals surface area contributed by atoms with Gasteiger partial charge in [0.2, 0.25) is 0 Å². The number of ketones is 1. The van der Waals surface area contributed by atoms with Crippen LogP contribution in [-0.2, 0) is 9.59 Å². The molecule has 0 radical (unpaired) electrons. The number of aliphatic hydroxyl groups is 1. The first-order valence-electron chi connectivity index (χ1n) is 9.75. The van der Waals surface area contributed by atoms with Crippen LogP contribution in [0.15, 0.2) is 66.5 Å². The number of pyridine rings is 1. The molecular formula is C24H18F2N2O5. The van der Waals surface area contributed by atoms with E-state index >= 15 is 0 Å². The Morgan fingerprint density at radius 1 is 1.03 bits per heavy atom. The van der Waals surface area contributed by atoms with Gasteiger partial charge in [0.15, 0.2) is 11.5 Å². The van der Waals surface area contributed by atoms with Crippen LogP contribution in [0.1, 0.15) is 17.2 Å². The third-order valence-electron chi connectivity index (χ3n) is 5.27. The summed E-state index contributed by atoms with van der Waals surface area (Å²) in [6.07, 6.45) is 2.86. The number of anilines is 1. The molecule has 1 saturated heterocycles. The minimum Gasteiger partial charge on any atom is -0.507 e. The van der Waals surface area contributed by atoms with Gasteiger partial charge in [-0.25, -0.2) is 8.78 Å². The number of aliphatic hydroxyl groups excluding tert-OH is 1. The predicted molar refractivity (Wildman–Crippen MR) is 115 cm³/mol. The maximum atomic E-state index is 14.6. The van der Waals surface area contributed by atoms with Crippen LogP contribution in [0.25, 0.3) is 5.76 Å². The molecule has 9 heteroatoms.